The second-order valence-electron chi connectivity index (χ2n) is 4.43. The Bertz CT molecular complexity index is 271. The molecule has 1 unspecified atom stereocenters. The van der Waals surface area contributed by atoms with Crippen LogP contribution in [0.3, 0.4) is 0 Å². The maximum atomic E-state index is 10.9. The van der Waals surface area contributed by atoms with Gasteiger partial charge in [0, 0.05) is 6.92 Å². The summed E-state index contributed by atoms with van der Waals surface area (Å²) < 4.78 is 5.08. The van der Waals surface area contributed by atoms with Crippen molar-refractivity contribution < 1.29 is 19.4 Å². The van der Waals surface area contributed by atoms with E-state index in [4.69, 9.17) is 9.84 Å². The van der Waals surface area contributed by atoms with Crippen LogP contribution < -0.4 is 0 Å². The van der Waals surface area contributed by atoms with E-state index in [1.165, 1.54) is 12.5 Å². The fraction of sp³-hybridized carbons (Fsp3) is 0.667. The number of rotatable bonds is 6. The van der Waals surface area contributed by atoms with E-state index >= 15 is 0 Å². The molecule has 0 aromatic carbocycles. The predicted molar refractivity (Wildman–Crippen MR) is 61.1 cm³/mol. The molecular weight excluding hydrogens is 208 g/mol. The van der Waals surface area contributed by atoms with E-state index in [0.29, 0.717) is 12.8 Å². The second kappa shape index (κ2) is 6.30. The smallest absolute Gasteiger partial charge is 0.307 e. The van der Waals surface area contributed by atoms with Gasteiger partial charge in [0.15, 0.2) is 0 Å². The van der Waals surface area contributed by atoms with Crippen LogP contribution in [-0.4, -0.2) is 22.6 Å². The van der Waals surface area contributed by atoms with Gasteiger partial charge in [-0.2, -0.15) is 0 Å². The monoisotopic (exact) mass is 228 g/mol. The average Bonchev–Trinajstić information content (AvgIpc) is 1.98. The molecule has 0 saturated heterocycles. The van der Waals surface area contributed by atoms with Crippen LogP contribution in [0.5, 0.6) is 0 Å². The molecule has 0 aliphatic heterocycles. The molecule has 0 amide bonds. The van der Waals surface area contributed by atoms with Crippen LogP contribution in [-0.2, 0) is 14.3 Å². The van der Waals surface area contributed by atoms with Gasteiger partial charge in [-0.25, -0.2) is 0 Å². The van der Waals surface area contributed by atoms with Crippen LogP contribution in [0.4, 0.5) is 0 Å². The summed E-state index contributed by atoms with van der Waals surface area (Å²) in [5.41, 5.74) is 0.254. The number of carbonyl (C=O) groups is 2. The van der Waals surface area contributed by atoms with Crippen LogP contribution in [0.25, 0.3) is 0 Å². The number of esters is 1. The Kier molecular flexibility index (Phi) is 5.78. The topological polar surface area (TPSA) is 63.6 Å². The first-order valence-electron chi connectivity index (χ1n) is 5.30. The summed E-state index contributed by atoms with van der Waals surface area (Å²) in [6.07, 6.45) is 3.07. The summed E-state index contributed by atoms with van der Waals surface area (Å²) >= 11 is 0. The molecule has 4 nitrogen and oxygen atoms in total. The molecule has 1 N–H and O–H groups in total. The van der Waals surface area contributed by atoms with Gasteiger partial charge in [-0.15, -0.1) is 0 Å². The number of ether oxygens (including phenoxy) is 1. The van der Waals surface area contributed by atoms with Gasteiger partial charge in [0.25, 0.3) is 0 Å². The third-order valence-corrected chi connectivity index (χ3v) is 2.14. The zero-order chi connectivity index (χ0) is 12.8. The first kappa shape index (κ1) is 14.7. The highest BCUT2D eigenvalue weighted by atomic mass is 16.6. The van der Waals surface area contributed by atoms with Crippen LogP contribution >= 0.6 is 0 Å². The van der Waals surface area contributed by atoms with Gasteiger partial charge in [0.2, 0.25) is 0 Å². The molecular formula is C12H20O4. The Hall–Kier alpha value is -1.32. The molecule has 0 saturated carbocycles. The van der Waals surface area contributed by atoms with E-state index in [0.717, 1.165) is 0 Å². The molecule has 16 heavy (non-hydrogen) atoms. The number of carboxylic acid groups (broad SMARTS) is 1. The Morgan fingerprint density at radius 2 is 1.88 bits per heavy atom. The molecule has 0 heterocycles. The molecule has 0 aromatic rings. The van der Waals surface area contributed by atoms with E-state index in [1.54, 1.807) is 6.92 Å². The Labute approximate surface area is 96.3 Å². The minimum Gasteiger partial charge on any atom is -0.481 e. The van der Waals surface area contributed by atoms with Crippen LogP contribution in [0.15, 0.2) is 11.6 Å². The zero-order valence-electron chi connectivity index (χ0n) is 10.4. The molecule has 1 atom stereocenters. The zero-order valence-corrected chi connectivity index (χ0v) is 10.4. The number of hydrogen-bond acceptors (Lipinski definition) is 3. The summed E-state index contributed by atoms with van der Waals surface area (Å²) in [5.74, 6) is -1.40. The van der Waals surface area contributed by atoms with E-state index in [9.17, 15) is 9.59 Å². The Balaban J connectivity index is 4.46. The van der Waals surface area contributed by atoms with E-state index in [1.807, 2.05) is 19.9 Å². The first-order chi connectivity index (χ1) is 7.25. The summed E-state index contributed by atoms with van der Waals surface area (Å²) in [7, 11) is 0. The molecule has 0 rings (SSSR count). The van der Waals surface area contributed by atoms with Gasteiger partial charge in [0.1, 0.15) is 5.60 Å². The van der Waals surface area contributed by atoms with Crippen molar-refractivity contribution >= 4 is 11.9 Å². The van der Waals surface area contributed by atoms with Gasteiger partial charge in [-0.05, 0) is 33.6 Å². The molecule has 92 valence electrons. The standard InChI is InChI=1S/C12H20O4/c1-9(2)6-5-7-12(4,8-11(14)15)16-10(3)13/h6H,5,7-8H2,1-4H3,(H,14,15). The highest BCUT2D eigenvalue weighted by molar-refractivity contribution is 5.70. The van der Waals surface area contributed by atoms with Crippen molar-refractivity contribution in [1.29, 1.82) is 0 Å². The predicted octanol–water partition coefficient (Wildman–Crippen LogP) is 2.53. The third-order valence-electron chi connectivity index (χ3n) is 2.14. The molecule has 0 spiro atoms. The number of carbonyl (C=O) groups excluding carboxylic acids is 1. The molecule has 0 aromatic heterocycles. The minimum absolute atomic E-state index is 0.164. The summed E-state index contributed by atoms with van der Waals surface area (Å²) in [6, 6.07) is 0. The average molecular weight is 228 g/mol. The van der Waals surface area contributed by atoms with Gasteiger partial charge in [-0.3, -0.25) is 9.59 Å². The first-order valence-corrected chi connectivity index (χ1v) is 5.30. The number of allylic oxidation sites excluding steroid dienone is 2. The van der Waals surface area contributed by atoms with Crippen molar-refractivity contribution in [3.8, 4) is 0 Å². The maximum absolute atomic E-state index is 10.9. The third kappa shape index (κ3) is 7.04. The summed E-state index contributed by atoms with van der Waals surface area (Å²) in [4.78, 5) is 21.6. The quantitative estimate of drug-likeness (QED) is 0.560. The minimum atomic E-state index is -0.957. The van der Waals surface area contributed by atoms with Crippen LogP contribution in [0, 0.1) is 0 Å². The van der Waals surface area contributed by atoms with Crippen molar-refractivity contribution in [3.05, 3.63) is 11.6 Å². The van der Waals surface area contributed by atoms with Gasteiger partial charge >= 0.3 is 11.9 Å². The number of hydrogen-bond donors (Lipinski definition) is 1. The van der Waals surface area contributed by atoms with Gasteiger partial charge in [-0.1, -0.05) is 11.6 Å². The highest BCUT2D eigenvalue weighted by Crippen LogP contribution is 2.23. The van der Waals surface area contributed by atoms with E-state index < -0.39 is 17.5 Å². The number of carboxylic acids is 1. The van der Waals surface area contributed by atoms with Gasteiger partial charge < -0.3 is 9.84 Å². The fourth-order valence-corrected chi connectivity index (χ4v) is 1.51. The molecule has 0 fully saturated rings. The van der Waals surface area contributed by atoms with Crippen molar-refractivity contribution in [3.63, 3.8) is 0 Å². The second-order valence-corrected chi connectivity index (χ2v) is 4.43. The number of aliphatic carboxylic acids is 1. The van der Waals surface area contributed by atoms with Crippen molar-refractivity contribution in [2.45, 2.75) is 52.6 Å². The molecule has 0 radical (unpaired) electrons. The molecule has 0 bridgehead atoms. The van der Waals surface area contributed by atoms with Gasteiger partial charge in [0.05, 0.1) is 6.42 Å². The lowest BCUT2D eigenvalue weighted by molar-refractivity contribution is -0.161. The lowest BCUT2D eigenvalue weighted by Crippen LogP contribution is -2.33. The summed E-state index contributed by atoms with van der Waals surface area (Å²) in [5, 5.41) is 8.76. The largest absolute Gasteiger partial charge is 0.481 e. The lowest BCUT2D eigenvalue weighted by atomic mass is 9.95. The van der Waals surface area contributed by atoms with Crippen LogP contribution in [0.1, 0.15) is 47.0 Å². The Morgan fingerprint density at radius 1 is 1.31 bits per heavy atom. The SMILES string of the molecule is CC(=O)OC(C)(CCC=C(C)C)CC(=O)O. The molecule has 4 heteroatoms. The normalized spacial score (nSPS) is 13.8. The maximum Gasteiger partial charge on any atom is 0.307 e. The van der Waals surface area contributed by atoms with Crippen molar-refractivity contribution in [2.75, 3.05) is 0 Å². The van der Waals surface area contributed by atoms with E-state index in [-0.39, 0.29) is 6.42 Å². The lowest BCUT2D eigenvalue weighted by Gasteiger charge is -2.27. The Morgan fingerprint density at radius 3 is 2.25 bits per heavy atom. The summed E-state index contributed by atoms with van der Waals surface area (Å²) in [6.45, 7) is 6.89. The molecule has 0 aliphatic carbocycles. The van der Waals surface area contributed by atoms with Crippen LogP contribution in [0.2, 0.25) is 0 Å². The highest BCUT2D eigenvalue weighted by Gasteiger charge is 2.29. The van der Waals surface area contributed by atoms with Crippen molar-refractivity contribution in [1.82, 2.24) is 0 Å². The molecule has 0 aliphatic rings. The van der Waals surface area contributed by atoms with E-state index in [2.05, 4.69) is 0 Å². The van der Waals surface area contributed by atoms with Crippen molar-refractivity contribution in [2.24, 2.45) is 0 Å². The fourth-order valence-electron chi connectivity index (χ4n) is 1.51.